The van der Waals surface area contributed by atoms with Crippen molar-refractivity contribution in [1.29, 1.82) is 0 Å². The number of nitrogen functional groups attached to an aromatic ring is 1. The zero-order chi connectivity index (χ0) is 14.7. The second-order valence-corrected chi connectivity index (χ2v) is 6.61. The Bertz CT molecular complexity index is 456. The molecular weight excluding hydrogens is 248 g/mol. The van der Waals surface area contributed by atoms with E-state index in [4.69, 9.17) is 5.73 Å². The summed E-state index contributed by atoms with van der Waals surface area (Å²) in [4.78, 5) is 9.00. The molecule has 0 spiro atoms. The van der Waals surface area contributed by atoms with Gasteiger partial charge in [-0.3, -0.25) is 0 Å². The van der Waals surface area contributed by atoms with E-state index in [0.29, 0.717) is 11.7 Å². The minimum atomic E-state index is 0.299. The van der Waals surface area contributed by atoms with Crippen molar-refractivity contribution in [3.05, 3.63) is 11.4 Å². The van der Waals surface area contributed by atoms with Gasteiger partial charge in [0.1, 0.15) is 17.5 Å². The number of rotatable bonds is 4. The van der Waals surface area contributed by atoms with Gasteiger partial charge in [0.05, 0.1) is 0 Å². The summed E-state index contributed by atoms with van der Waals surface area (Å²) in [7, 11) is 0. The first kappa shape index (κ1) is 15.1. The van der Waals surface area contributed by atoms with Gasteiger partial charge in [-0.15, -0.1) is 0 Å². The molecule has 1 aliphatic rings. The fourth-order valence-electron chi connectivity index (χ4n) is 2.97. The van der Waals surface area contributed by atoms with E-state index in [1.807, 2.05) is 6.92 Å². The number of anilines is 2. The van der Waals surface area contributed by atoms with Gasteiger partial charge in [0.25, 0.3) is 0 Å². The van der Waals surface area contributed by atoms with Crippen molar-refractivity contribution in [1.82, 2.24) is 9.97 Å². The van der Waals surface area contributed by atoms with Gasteiger partial charge >= 0.3 is 0 Å². The molecule has 3 N–H and O–H groups in total. The van der Waals surface area contributed by atoms with E-state index in [1.54, 1.807) is 0 Å². The lowest BCUT2D eigenvalue weighted by molar-refractivity contribution is 0.293. The fraction of sp³-hybridized carbons (Fsp3) is 0.750. The second-order valence-electron chi connectivity index (χ2n) is 6.61. The number of nitrogens with one attached hydrogen (secondary N) is 1. The van der Waals surface area contributed by atoms with Crippen LogP contribution < -0.4 is 11.1 Å². The van der Waals surface area contributed by atoms with E-state index in [9.17, 15) is 0 Å². The van der Waals surface area contributed by atoms with Crippen molar-refractivity contribution in [3.63, 3.8) is 0 Å². The molecule has 2 rings (SSSR count). The van der Waals surface area contributed by atoms with Crippen molar-refractivity contribution < 1.29 is 0 Å². The molecule has 112 valence electrons. The average molecular weight is 276 g/mol. The van der Waals surface area contributed by atoms with Crippen LogP contribution >= 0.6 is 0 Å². The summed E-state index contributed by atoms with van der Waals surface area (Å²) < 4.78 is 0. The first-order valence-corrected chi connectivity index (χ1v) is 7.85. The molecule has 0 aromatic carbocycles. The summed E-state index contributed by atoms with van der Waals surface area (Å²) in [5, 5.41) is 3.51. The summed E-state index contributed by atoms with van der Waals surface area (Å²) in [6.07, 6.45) is 5.39. The predicted octanol–water partition coefficient (Wildman–Crippen LogP) is 3.73. The van der Waals surface area contributed by atoms with Crippen molar-refractivity contribution >= 4 is 11.6 Å². The van der Waals surface area contributed by atoms with E-state index in [1.165, 1.54) is 25.7 Å². The van der Waals surface area contributed by atoms with Crippen molar-refractivity contribution in [2.45, 2.75) is 59.3 Å². The zero-order valence-corrected chi connectivity index (χ0v) is 13.2. The van der Waals surface area contributed by atoms with Crippen LogP contribution in [0.3, 0.4) is 0 Å². The van der Waals surface area contributed by atoms with E-state index < -0.39 is 0 Å². The minimum Gasteiger partial charge on any atom is -0.383 e. The molecule has 1 aromatic rings. The lowest BCUT2D eigenvalue weighted by Gasteiger charge is -2.27. The Balaban J connectivity index is 2.04. The van der Waals surface area contributed by atoms with Crippen LogP contribution in [-0.4, -0.2) is 16.5 Å². The van der Waals surface area contributed by atoms with Gasteiger partial charge in [0, 0.05) is 18.0 Å². The molecule has 1 fully saturated rings. The van der Waals surface area contributed by atoms with Gasteiger partial charge in [-0.1, -0.05) is 33.6 Å². The van der Waals surface area contributed by atoms with Crippen LogP contribution in [0.5, 0.6) is 0 Å². The van der Waals surface area contributed by atoms with Gasteiger partial charge in [-0.2, -0.15) is 0 Å². The smallest absolute Gasteiger partial charge is 0.135 e. The molecule has 2 unspecified atom stereocenters. The average Bonchev–Trinajstić information content (AvgIpc) is 2.40. The molecule has 0 amide bonds. The molecule has 1 aliphatic carbocycles. The molecule has 4 heteroatoms. The van der Waals surface area contributed by atoms with E-state index in [2.05, 4.69) is 36.1 Å². The minimum absolute atomic E-state index is 0.299. The number of nitrogens with two attached hydrogens (primary N) is 1. The van der Waals surface area contributed by atoms with Gasteiger partial charge in [-0.25, -0.2) is 9.97 Å². The SMILES string of the molecule is Cc1c(N)nc(C(C)C)nc1NCC1CCCC(C)C1. The van der Waals surface area contributed by atoms with E-state index in [0.717, 1.165) is 35.6 Å². The maximum absolute atomic E-state index is 6.00. The summed E-state index contributed by atoms with van der Waals surface area (Å²) in [5.41, 5.74) is 6.97. The Hall–Kier alpha value is -1.32. The second kappa shape index (κ2) is 6.42. The van der Waals surface area contributed by atoms with Crippen LogP contribution in [-0.2, 0) is 0 Å². The van der Waals surface area contributed by atoms with Gasteiger partial charge in [0.2, 0.25) is 0 Å². The summed E-state index contributed by atoms with van der Waals surface area (Å²) >= 11 is 0. The molecule has 20 heavy (non-hydrogen) atoms. The van der Waals surface area contributed by atoms with E-state index in [-0.39, 0.29) is 0 Å². The molecular formula is C16H28N4. The summed E-state index contributed by atoms with van der Waals surface area (Å²) in [6.45, 7) is 9.54. The predicted molar refractivity (Wildman–Crippen MR) is 84.9 cm³/mol. The van der Waals surface area contributed by atoms with Crippen LogP contribution in [0.2, 0.25) is 0 Å². The normalized spacial score (nSPS) is 23.1. The third-order valence-corrected chi connectivity index (χ3v) is 4.32. The quantitative estimate of drug-likeness (QED) is 0.879. The summed E-state index contributed by atoms with van der Waals surface area (Å²) in [6, 6.07) is 0. The number of nitrogens with zero attached hydrogens (tertiary/aromatic N) is 2. The first-order chi connectivity index (χ1) is 9.47. The Morgan fingerprint density at radius 2 is 2.05 bits per heavy atom. The van der Waals surface area contributed by atoms with E-state index >= 15 is 0 Å². The largest absolute Gasteiger partial charge is 0.383 e. The monoisotopic (exact) mass is 276 g/mol. The Morgan fingerprint density at radius 1 is 1.30 bits per heavy atom. The highest BCUT2D eigenvalue weighted by atomic mass is 15.1. The van der Waals surface area contributed by atoms with Crippen LogP contribution in [0.15, 0.2) is 0 Å². The van der Waals surface area contributed by atoms with Crippen LogP contribution in [0.4, 0.5) is 11.6 Å². The van der Waals surface area contributed by atoms with Crippen LogP contribution in [0.1, 0.15) is 63.8 Å². The van der Waals surface area contributed by atoms with Gasteiger partial charge in [0.15, 0.2) is 0 Å². The maximum Gasteiger partial charge on any atom is 0.135 e. The molecule has 4 nitrogen and oxygen atoms in total. The molecule has 0 bridgehead atoms. The third-order valence-electron chi connectivity index (χ3n) is 4.32. The van der Waals surface area contributed by atoms with Crippen LogP contribution in [0.25, 0.3) is 0 Å². The third kappa shape index (κ3) is 3.62. The highest BCUT2D eigenvalue weighted by Gasteiger charge is 2.19. The number of hydrogen-bond acceptors (Lipinski definition) is 4. The number of hydrogen-bond donors (Lipinski definition) is 2. The molecule has 1 aromatic heterocycles. The molecule has 2 atom stereocenters. The Morgan fingerprint density at radius 3 is 2.70 bits per heavy atom. The highest BCUT2D eigenvalue weighted by Crippen LogP contribution is 2.29. The number of aromatic nitrogens is 2. The molecule has 1 heterocycles. The van der Waals surface area contributed by atoms with Crippen molar-refractivity contribution in [3.8, 4) is 0 Å². The lowest BCUT2D eigenvalue weighted by atomic mass is 9.82. The molecule has 0 radical (unpaired) electrons. The van der Waals surface area contributed by atoms with Gasteiger partial charge in [-0.05, 0) is 31.6 Å². The first-order valence-electron chi connectivity index (χ1n) is 7.85. The van der Waals surface area contributed by atoms with Crippen molar-refractivity contribution in [2.75, 3.05) is 17.6 Å². The molecule has 0 aliphatic heterocycles. The maximum atomic E-state index is 6.00. The molecule has 1 saturated carbocycles. The standard InChI is InChI=1S/C16H28N4/c1-10(2)15-19-14(17)12(4)16(20-15)18-9-13-7-5-6-11(3)8-13/h10-11,13H,5-9H2,1-4H3,(H3,17,18,19,20). The topological polar surface area (TPSA) is 63.8 Å². The lowest BCUT2D eigenvalue weighted by Crippen LogP contribution is -2.22. The zero-order valence-electron chi connectivity index (χ0n) is 13.2. The highest BCUT2D eigenvalue weighted by molar-refractivity contribution is 5.55. The van der Waals surface area contributed by atoms with Crippen molar-refractivity contribution in [2.24, 2.45) is 11.8 Å². The summed E-state index contributed by atoms with van der Waals surface area (Å²) in [5.74, 6) is 4.26. The Kier molecular flexibility index (Phi) is 4.84. The fourth-order valence-corrected chi connectivity index (χ4v) is 2.97. The van der Waals surface area contributed by atoms with Crippen LogP contribution in [0, 0.1) is 18.8 Å². The van der Waals surface area contributed by atoms with Gasteiger partial charge < -0.3 is 11.1 Å². The molecule has 0 saturated heterocycles. The Labute approximate surface area is 122 Å².